The first-order chi connectivity index (χ1) is 10.2. The zero-order chi connectivity index (χ0) is 15.1. The Bertz CT molecular complexity index is 553. The Labute approximate surface area is 135 Å². The zero-order valence-corrected chi connectivity index (χ0v) is 14.2. The molecule has 1 atom stereocenters. The molecule has 2 aromatic rings. The van der Waals surface area contributed by atoms with Gasteiger partial charge in [-0.2, -0.15) is 0 Å². The summed E-state index contributed by atoms with van der Waals surface area (Å²) in [4.78, 5) is 0. The van der Waals surface area contributed by atoms with Gasteiger partial charge in [0.2, 0.25) is 0 Å². The summed E-state index contributed by atoms with van der Waals surface area (Å²) < 4.78 is 7.02. The molecule has 0 aliphatic heterocycles. The SMILES string of the molecule is CCC(C)c1ccccc1OCCNc1ccc(Br)cc1. The first-order valence-electron chi connectivity index (χ1n) is 7.42. The molecule has 0 amide bonds. The fraction of sp³-hybridized carbons (Fsp3) is 0.333. The van der Waals surface area contributed by atoms with Crippen LogP contribution >= 0.6 is 15.9 Å². The molecule has 0 bridgehead atoms. The molecule has 0 aliphatic rings. The van der Waals surface area contributed by atoms with Gasteiger partial charge in [-0.15, -0.1) is 0 Å². The summed E-state index contributed by atoms with van der Waals surface area (Å²) in [7, 11) is 0. The summed E-state index contributed by atoms with van der Waals surface area (Å²) in [5.41, 5.74) is 2.40. The van der Waals surface area contributed by atoms with Gasteiger partial charge in [-0.3, -0.25) is 0 Å². The molecule has 0 aromatic heterocycles. The first-order valence-corrected chi connectivity index (χ1v) is 8.21. The number of anilines is 1. The minimum Gasteiger partial charge on any atom is -0.491 e. The van der Waals surface area contributed by atoms with E-state index in [1.807, 2.05) is 18.2 Å². The number of hydrogen-bond donors (Lipinski definition) is 1. The molecule has 0 saturated heterocycles. The van der Waals surface area contributed by atoms with E-state index >= 15 is 0 Å². The number of hydrogen-bond acceptors (Lipinski definition) is 2. The highest BCUT2D eigenvalue weighted by atomic mass is 79.9. The van der Waals surface area contributed by atoms with Crippen LogP contribution in [0.2, 0.25) is 0 Å². The van der Waals surface area contributed by atoms with Crippen molar-refractivity contribution >= 4 is 21.6 Å². The van der Waals surface area contributed by atoms with E-state index in [0.717, 1.165) is 28.9 Å². The summed E-state index contributed by atoms with van der Waals surface area (Å²) in [6.07, 6.45) is 1.12. The maximum atomic E-state index is 5.93. The van der Waals surface area contributed by atoms with Crippen molar-refractivity contribution < 1.29 is 4.74 Å². The van der Waals surface area contributed by atoms with Crippen molar-refractivity contribution in [3.8, 4) is 5.75 Å². The molecule has 0 aliphatic carbocycles. The normalized spacial score (nSPS) is 12.0. The van der Waals surface area contributed by atoms with Crippen LogP contribution in [-0.4, -0.2) is 13.2 Å². The van der Waals surface area contributed by atoms with Crippen LogP contribution in [0, 0.1) is 0 Å². The van der Waals surface area contributed by atoms with E-state index in [1.54, 1.807) is 0 Å². The maximum absolute atomic E-state index is 5.93. The van der Waals surface area contributed by atoms with Crippen molar-refractivity contribution in [3.63, 3.8) is 0 Å². The molecular formula is C18H22BrNO. The van der Waals surface area contributed by atoms with Gasteiger partial charge in [0.1, 0.15) is 12.4 Å². The van der Waals surface area contributed by atoms with E-state index in [2.05, 4.69) is 65.4 Å². The highest BCUT2D eigenvalue weighted by Crippen LogP contribution is 2.28. The molecule has 0 radical (unpaired) electrons. The maximum Gasteiger partial charge on any atom is 0.122 e. The molecule has 0 heterocycles. The van der Waals surface area contributed by atoms with E-state index in [-0.39, 0.29) is 0 Å². The van der Waals surface area contributed by atoms with Crippen LogP contribution < -0.4 is 10.1 Å². The number of ether oxygens (including phenoxy) is 1. The van der Waals surface area contributed by atoms with Gasteiger partial charge in [0, 0.05) is 16.7 Å². The standard InChI is InChI=1S/C18H22BrNO/c1-3-14(2)17-6-4-5-7-18(17)21-13-12-20-16-10-8-15(19)9-11-16/h4-11,14,20H,3,12-13H2,1-2H3. The highest BCUT2D eigenvalue weighted by Gasteiger charge is 2.08. The van der Waals surface area contributed by atoms with Crippen LogP contribution in [0.3, 0.4) is 0 Å². The van der Waals surface area contributed by atoms with Crippen LogP contribution in [0.25, 0.3) is 0 Å². The van der Waals surface area contributed by atoms with E-state index in [9.17, 15) is 0 Å². The van der Waals surface area contributed by atoms with Gasteiger partial charge in [-0.25, -0.2) is 0 Å². The van der Waals surface area contributed by atoms with Crippen molar-refractivity contribution in [1.82, 2.24) is 0 Å². The first kappa shape index (κ1) is 15.9. The van der Waals surface area contributed by atoms with Gasteiger partial charge in [0.15, 0.2) is 0 Å². The molecule has 21 heavy (non-hydrogen) atoms. The van der Waals surface area contributed by atoms with Crippen LogP contribution in [0.5, 0.6) is 5.75 Å². The Kier molecular flexibility index (Phi) is 6.12. The topological polar surface area (TPSA) is 21.3 Å². The van der Waals surface area contributed by atoms with Crippen molar-refractivity contribution in [2.45, 2.75) is 26.2 Å². The molecule has 2 rings (SSSR count). The molecule has 0 saturated carbocycles. The second kappa shape index (κ2) is 8.08. The largest absolute Gasteiger partial charge is 0.491 e. The lowest BCUT2D eigenvalue weighted by atomic mass is 9.98. The zero-order valence-electron chi connectivity index (χ0n) is 12.6. The third-order valence-electron chi connectivity index (χ3n) is 3.60. The lowest BCUT2D eigenvalue weighted by Gasteiger charge is -2.16. The molecule has 112 valence electrons. The second-order valence-electron chi connectivity index (χ2n) is 5.13. The summed E-state index contributed by atoms with van der Waals surface area (Å²) in [6.45, 7) is 5.89. The number of para-hydroxylation sites is 1. The Morgan fingerprint density at radius 1 is 1.10 bits per heavy atom. The molecule has 0 fully saturated rings. The second-order valence-corrected chi connectivity index (χ2v) is 6.04. The molecule has 3 heteroatoms. The van der Waals surface area contributed by atoms with E-state index in [1.165, 1.54) is 5.56 Å². The number of halogens is 1. The molecule has 1 unspecified atom stereocenters. The Morgan fingerprint density at radius 2 is 1.81 bits per heavy atom. The molecule has 0 spiro atoms. The van der Waals surface area contributed by atoms with E-state index in [4.69, 9.17) is 4.74 Å². The predicted molar refractivity (Wildman–Crippen MR) is 93.3 cm³/mol. The number of nitrogens with one attached hydrogen (secondary N) is 1. The van der Waals surface area contributed by atoms with E-state index in [0.29, 0.717) is 12.5 Å². The van der Waals surface area contributed by atoms with Crippen molar-refractivity contribution in [2.75, 3.05) is 18.5 Å². The Hall–Kier alpha value is -1.48. The van der Waals surface area contributed by atoms with Crippen molar-refractivity contribution in [2.24, 2.45) is 0 Å². The average Bonchev–Trinajstić information content (AvgIpc) is 2.53. The minimum atomic E-state index is 0.528. The smallest absolute Gasteiger partial charge is 0.122 e. The molecule has 2 aromatic carbocycles. The lowest BCUT2D eigenvalue weighted by molar-refractivity contribution is 0.327. The summed E-state index contributed by atoms with van der Waals surface area (Å²) in [6, 6.07) is 16.5. The minimum absolute atomic E-state index is 0.528. The Balaban J connectivity index is 1.85. The average molecular weight is 348 g/mol. The molecular weight excluding hydrogens is 326 g/mol. The fourth-order valence-corrected chi connectivity index (χ4v) is 2.43. The number of benzene rings is 2. The fourth-order valence-electron chi connectivity index (χ4n) is 2.16. The number of rotatable bonds is 7. The highest BCUT2D eigenvalue weighted by molar-refractivity contribution is 9.10. The summed E-state index contributed by atoms with van der Waals surface area (Å²) >= 11 is 3.43. The summed E-state index contributed by atoms with van der Waals surface area (Å²) in [5, 5.41) is 3.36. The van der Waals surface area contributed by atoms with Crippen molar-refractivity contribution in [1.29, 1.82) is 0 Å². The van der Waals surface area contributed by atoms with Crippen LogP contribution in [0.15, 0.2) is 53.0 Å². The molecule has 1 N–H and O–H groups in total. The molecule has 2 nitrogen and oxygen atoms in total. The van der Waals surface area contributed by atoms with Crippen molar-refractivity contribution in [3.05, 3.63) is 58.6 Å². The third-order valence-corrected chi connectivity index (χ3v) is 4.12. The van der Waals surface area contributed by atoms with Crippen LogP contribution in [0.4, 0.5) is 5.69 Å². The van der Waals surface area contributed by atoms with Gasteiger partial charge in [-0.05, 0) is 48.2 Å². The van der Waals surface area contributed by atoms with Gasteiger partial charge in [-0.1, -0.05) is 48.0 Å². The van der Waals surface area contributed by atoms with Gasteiger partial charge >= 0.3 is 0 Å². The van der Waals surface area contributed by atoms with Crippen LogP contribution in [0.1, 0.15) is 31.7 Å². The Morgan fingerprint density at radius 3 is 2.52 bits per heavy atom. The predicted octanol–water partition coefficient (Wildman–Crippen LogP) is 5.45. The van der Waals surface area contributed by atoms with Gasteiger partial charge in [0.05, 0.1) is 0 Å². The monoisotopic (exact) mass is 347 g/mol. The van der Waals surface area contributed by atoms with Crippen LogP contribution in [-0.2, 0) is 0 Å². The summed E-state index contributed by atoms with van der Waals surface area (Å²) in [5.74, 6) is 1.53. The van der Waals surface area contributed by atoms with Gasteiger partial charge in [0.25, 0.3) is 0 Å². The quantitative estimate of drug-likeness (QED) is 0.672. The lowest BCUT2D eigenvalue weighted by Crippen LogP contribution is -2.12. The van der Waals surface area contributed by atoms with Gasteiger partial charge < -0.3 is 10.1 Å². The van der Waals surface area contributed by atoms with E-state index < -0.39 is 0 Å². The third kappa shape index (κ3) is 4.78.